The minimum absolute atomic E-state index is 0.644. The van der Waals surface area contributed by atoms with Gasteiger partial charge in [-0.1, -0.05) is 13.8 Å². The summed E-state index contributed by atoms with van der Waals surface area (Å²) in [6.45, 7) is 13.1. The van der Waals surface area contributed by atoms with Crippen molar-refractivity contribution in [2.45, 2.75) is 65.6 Å². The molecule has 0 aliphatic carbocycles. The van der Waals surface area contributed by atoms with Crippen molar-refractivity contribution < 1.29 is 4.74 Å². The van der Waals surface area contributed by atoms with Gasteiger partial charge in [0.15, 0.2) is 0 Å². The molecule has 0 saturated carbocycles. The fraction of sp³-hybridized carbons (Fsp3) is 1.00. The number of ether oxygens (including phenoxy) is 1. The van der Waals surface area contributed by atoms with Crippen molar-refractivity contribution in [2.75, 3.05) is 13.2 Å². The second-order valence-electron chi connectivity index (χ2n) is 5.24. The molecule has 0 radical (unpaired) electrons. The Hall–Kier alpha value is -0.0800. The van der Waals surface area contributed by atoms with Crippen molar-refractivity contribution in [3.8, 4) is 0 Å². The summed E-state index contributed by atoms with van der Waals surface area (Å²) in [6, 6.07) is 2.05. The molecule has 2 unspecified atom stereocenters. The topological polar surface area (TPSA) is 12.5 Å². The maximum Gasteiger partial charge on any atom is 0.0621 e. The summed E-state index contributed by atoms with van der Waals surface area (Å²) in [7, 11) is 0. The van der Waals surface area contributed by atoms with Gasteiger partial charge in [-0.3, -0.25) is 4.90 Å². The molecule has 0 amide bonds. The summed E-state index contributed by atoms with van der Waals surface area (Å²) < 4.78 is 5.58. The SMILES string of the molecule is CCOCC1CCC(C(C)C)N1C(C)C. The highest BCUT2D eigenvalue weighted by Crippen LogP contribution is 2.31. The van der Waals surface area contributed by atoms with E-state index in [0.29, 0.717) is 12.1 Å². The molecule has 0 aromatic rings. The lowest BCUT2D eigenvalue weighted by Crippen LogP contribution is -2.45. The van der Waals surface area contributed by atoms with Crippen LogP contribution in [0.5, 0.6) is 0 Å². The van der Waals surface area contributed by atoms with E-state index < -0.39 is 0 Å². The molecular weight excluding hydrogens is 186 g/mol. The summed E-state index contributed by atoms with van der Waals surface area (Å²) >= 11 is 0. The zero-order chi connectivity index (χ0) is 11.4. The van der Waals surface area contributed by atoms with Crippen LogP contribution >= 0.6 is 0 Å². The lowest BCUT2D eigenvalue weighted by molar-refractivity contribution is 0.0457. The highest BCUT2D eigenvalue weighted by Gasteiger charge is 2.36. The van der Waals surface area contributed by atoms with Crippen LogP contribution in [-0.2, 0) is 4.74 Å². The van der Waals surface area contributed by atoms with Crippen molar-refractivity contribution in [2.24, 2.45) is 5.92 Å². The van der Waals surface area contributed by atoms with Crippen molar-refractivity contribution in [1.82, 2.24) is 4.90 Å². The highest BCUT2D eigenvalue weighted by molar-refractivity contribution is 4.90. The first kappa shape index (κ1) is 13.0. The van der Waals surface area contributed by atoms with Crippen molar-refractivity contribution in [3.05, 3.63) is 0 Å². The van der Waals surface area contributed by atoms with Crippen LogP contribution in [0.4, 0.5) is 0 Å². The van der Waals surface area contributed by atoms with Gasteiger partial charge in [-0.15, -0.1) is 0 Å². The van der Waals surface area contributed by atoms with Gasteiger partial charge in [0.05, 0.1) is 6.61 Å². The summed E-state index contributed by atoms with van der Waals surface area (Å²) in [4.78, 5) is 2.67. The van der Waals surface area contributed by atoms with Gasteiger partial charge in [-0.2, -0.15) is 0 Å². The maximum absolute atomic E-state index is 5.58. The second-order valence-corrected chi connectivity index (χ2v) is 5.24. The zero-order valence-corrected chi connectivity index (χ0v) is 11.0. The van der Waals surface area contributed by atoms with E-state index in [2.05, 4.69) is 39.5 Å². The molecule has 1 fully saturated rings. The molecule has 1 aliphatic rings. The van der Waals surface area contributed by atoms with E-state index in [1.54, 1.807) is 0 Å². The summed E-state index contributed by atoms with van der Waals surface area (Å²) in [6.07, 6.45) is 2.65. The molecule has 1 heterocycles. The quantitative estimate of drug-likeness (QED) is 0.696. The third kappa shape index (κ3) is 3.18. The van der Waals surface area contributed by atoms with Crippen molar-refractivity contribution >= 4 is 0 Å². The molecule has 0 bridgehead atoms. The Bertz CT molecular complexity index is 179. The molecule has 0 N–H and O–H groups in total. The van der Waals surface area contributed by atoms with Gasteiger partial charge in [-0.05, 0) is 39.5 Å². The predicted octanol–water partition coefficient (Wildman–Crippen LogP) is 2.92. The second kappa shape index (κ2) is 5.86. The monoisotopic (exact) mass is 213 g/mol. The summed E-state index contributed by atoms with van der Waals surface area (Å²) in [5, 5.41) is 0. The van der Waals surface area contributed by atoms with Crippen molar-refractivity contribution in [1.29, 1.82) is 0 Å². The average molecular weight is 213 g/mol. The third-order valence-corrected chi connectivity index (χ3v) is 3.48. The van der Waals surface area contributed by atoms with Crippen LogP contribution in [0, 0.1) is 5.92 Å². The largest absolute Gasteiger partial charge is 0.380 e. The Morgan fingerprint density at radius 2 is 1.87 bits per heavy atom. The molecular formula is C13H27NO. The van der Waals surface area contributed by atoms with Crippen LogP contribution in [0.1, 0.15) is 47.5 Å². The predicted molar refractivity (Wildman–Crippen MR) is 65.1 cm³/mol. The van der Waals surface area contributed by atoms with Crippen molar-refractivity contribution in [3.63, 3.8) is 0 Å². The standard InChI is InChI=1S/C13H27NO/c1-6-15-9-12-7-8-13(10(2)3)14(12)11(4)5/h10-13H,6-9H2,1-5H3. The van der Waals surface area contributed by atoms with E-state index in [1.807, 2.05) is 0 Å². The molecule has 2 heteroatoms. The molecule has 1 aliphatic heterocycles. The minimum Gasteiger partial charge on any atom is -0.380 e. The molecule has 2 nitrogen and oxygen atoms in total. The maximum atomic E-state index is 5.58. The molecule has 1 rings (SSSR count). The Kier molecular flexibility index (Phi) is 5.07. The van der Waals surface area contributed by atoms with Crippen LogP contribution in [-0.4, -0.2) is 36.2 Å². The van der Waals surface area contributed by atoms with Gasteiger partial charge in [0.2, 0.25) is 0 Å². The molecule has 0 aromatic heterocycles. The van der Waals surface area contributed by atoms with E-state index >= 15 is 0 Å². The van der Waals surface area contributed by atoms with E-state index in [0.717, 1.165) is 25.2 Å². The van der Waals surface area contributed by atoms with Crippen LogP contribution in [0.2, 0.25) is 0 Å². The lowest BCUT2D eigenvalue weighted by atomic mass is 10.0. The van der Waals surface area contributed by atoms with E-state index in [-0.39, 0.29) is 0 Å². The van der Waals surface area contributed by atoms with Gasteiger partial charge in [0.25, 0.3) is 0 Å². The van der Waals surface area contributed by atoms with Crippen LogP contribution in [0.15, 0.2) is 0 Å². The summed E-state index contributed by atoms with van der Waals surface area (Å²) in [5.74, 6) is 0.763. The fourth-order valence-electron chi connectivity index (χ4n) is 2.84. The van der Waals surface area contributed by atoms with Gasteiger partial charge >= 0.3 is 0 Å². The Labute approximate surface area is 95.0 Å². The fourth-order valence-corrected chi connectivity index (χ4v) is 2.84. The van der Waals surface area contributed by atoms with Gasteiger partial charge in [0, 0.05) is 24.7 Å². The minimum atomic E-state index is 0.644. The van der Waals surface area contributed by atoms with Gasteiger partial charge in [-0.25, -0.2) is 0 Å². The van der Waals surface area contributed by atoms with E-state index in [4.69, 9.17) is 4.74 Å². The van der Waals surface area contributed by atoms with Crippen LogP contribution in [0.25, 0.3) is 0 Å². The molecule has 1 saturated heterocycles. The molecule has 15 heavy (non-hydrogen) atoms. The number of rotatable bonds is 5. The lowest BCUT2D eigenvalue weighted by Gasteiger charge is -2.35. The first-order chi connectivity index (χ1) is 7.07. The molecule has 2 atom stereocenters. The van der Waals surface area contributed by atoms with E-state index in [1.165, 1.54) is 12.8 Å². The first-order valence-electron chi connectivity index (χ1n) is 6.43. The normalized spacial score (nSPS) is 28.2. The Morgan fingerprint density at radius 1 is 1.20 bits per heavy atom. The highest BCUT2D eigenvalue weighted by atomic mass is 16.5. The Morgan fingerprint density at radius 3 is 2.33 bits per heavy atom. The molecule has 0 spiro atoms. The number of hydrogen-bond acceptors (Lipinski definition) is 2. The molecule has 0 aromatic carbocycles. The first-order valence-corrected chi connectivity index (χ1v) is 6.43. The number of hydrogen-bond donors (Lipinski definition) is 0. The smallest absolute Gasteiger partial charge is 0.0621 e. The van der Waals surface area contributed by atoms with Crippen LogP contribution < -0.4 is 0 Å². The Balaban J connectivity index is 2.58. The van der Waals surface area contributed by atoms with Crippen LogP contribution in [0.3, 0.4) is 0 Å². The third-order valence-electron chi connectivity index (χ3n) is 3.48. The summed E-state index contributed by atoms with van der Waals surface area (Å²) in [5.41, 5.74) is 0. The molecule has 90 valence electrons. The number of likely N-dealkylation sites (tertiary alicyclic amines) is 1. The van der Waals surface area contributed by atoms with E-state index in [9.17, 15) is 0 Å². The zero-order valence-electron chi connectivity index (χ0n) is 11.0. The number of nitrogens with zero attached hydrogens (tertiary/aromatic N) is 1. The average Bonchev–Trinajstić information content (AvgIpc) is 2.58. The van der Waals surface area contributed by atoms with Gasteiger partial charge in [0.1, 0.15) is 0 Å². The van der Waals surface area contributed by atoms with Gasteiger partial charge < -0.3 is 4.74 Å².